The van der Waals surface area contributed by atoms with Crippen molar-refractivity contribution in [3.8, 4) is 0 Å². The molecule has 1 aliphatic heterocycles. The van der Waals surface area contributed by atoms with E-state index in [0.717, 1.165) is 32.1 Å². The van der Waals surface area contributed by atoms with Crippen LogP contribution in [0.2, 0.25) is 0 Å². The van der Waals surface area contributed by atoms with Crippen LogP contribution in [-0.4, -0.2) is 41.8 Å². The van der Waals surface area contributed by atoms with Crippen molar-refractivity contribution in [1.29, 1.82) is 0 Å². The number of rotatable bonds is 7. The Balaban J connectivity index is 1.35. The minimum Gasteiger partial charge on any atom is -0.349 e. The van der Waals surface area contributed by atoms with Crippen LogP contribution >= 0.6 is 0 Å². The molecule has 6 nitrogen and oxygen atoms in total. The van der Waals surface area contributed by atoms with Crippen LogP contribution in [0.15, 0.2) is 54.6 Å². The summed E-state index contributed by atoms with van der Waals surface area (Å²) in [5, 5.41) is 5.97. The van der Waals surface area contributed by atoms with E-state index >= 15 is 0 Å². The van der Waals surface area contributed by atoms with E-state index in [4.69, 9.17) is 0 Å². The second-order valence-electron chi connectivity index (χ2n) is 8.47. The minimum atomic E-state index is -0.408. The van der Waals surface area contributed by atoms with E-state index in [0.29, 0.717) is 24.3 Å². The molecule has 1 saturated heterocycles. The Morgan fingerprint density at radius 2 is 1.68 bits per heavy atom. The van der Waals surface area contributed by atoms with Crippen molar-refractivity contribution in [2.24, 2.45) is 5.92 Å². The van der Waals surface area contributed by atoms with Crippen molar-refractivity contribution in [1.82, 2.24) is 10.2 Å². The van der Waals surface area contributed by atoms with E-state index in [2.05, 4.69) is 10.6 Å². The molecule has 3 amide bonds. The Bertz CT molecular complexity index is 938. The van der Waals surface area contributed by atoms with Gasteiger partial charge in [-0.25, -0.2) is 0 Å². The van der Waals surface area contributed by atoms with E-state index in [1.807, 2.05) is 30.3 Å². The summed E-state index contributed by atoms with van der Waals surface area (Å²) in [5.41, 5.74) is 2.14. The molecule has 1 atom stereocenters. The maximum atomic E-state index is 12.9. The maximum Gasteiger partial charge on any atom is 0.253 e. The number of carbonyl (C=O) groups is 3. The Morgan fingerprint density at radius 1 is 0.968 bits per heavy atom. The predicted octanol–water partition coefficient (Wildman–Crippen LogP) is 3.39. The molecule has 0 bridgehead atoms. The molecule has 2 aliphatic rings. The molecular weight excluding hydrogens is 390 g/mol. The Hall–Kier alpha value is -3.15. The number of amides is 3. The molecule has 1 saturated carbocycles. The van der Waals surface area contributed by atoms with Crippen LogP contribution in [0.25, 0.3) is 0 Å². The van der Waals surface area contributed by atoms with Crippen LogP contribution in [0, 0.1) is 5.92 Å². The smallest absolute Gasteiger partial charge is 0.253 e. The van der Waals surface area contributed by atoms with Crippen LogP contribution in [-0.2, 0) is 16.0 Å². The van der Waals surface area contributed by atoms with Gasteiger partial charge in [0.15, 0.2) is 0 Å². The summed E-state index contributed by atoms with van der Waals surface area (Å²) in [4.78, 5) is 39.8. The van der Waals surface area contributed by atoms with Crippen molar-refractivity contribution in [2.45, 2.75) is 44.6 Å². The molecule has 2 aromatic rings. The molecule has 0 radical (unpaired) electrons. The first-order valence-corrected chi connectivity index (χ1v) is 11.1. The molecule has 2 fully saturated rings. The maximum absolute atomic E-state index is 12.9. The van der Waals surface area contributed by atoms with E-state index in [-0.39, 0.29) is 30.2 Å². The van der Waals surface area contributed by atoms with Crippen LogP contribution in [0.5, 0.6) is 0 Å². The highest BCUT2D eigenvalue weighted by molar-refractivity contribution is 6.05. The van der Waals surface area contributed by atoms with Gasteiger partial charge in [0.05, 0.1) is 17.2 Å². The van der Waals surface area contributed by atoms with Crippen LogP contribution in [0.1, 0.15) is 48.0 Å². The number of nitrogens with one attached hydrogen (secondary N) is 2. The summed E-state index contributed by atoms with van der Waals surface area (Å²) >= 11 is 0. The van der Waals surface area contributed by atoms with Crippen molar-refractivity contribution in [2.75, 3.05) is 18.4 Å². The van der Waals surface area contributed by atoms with E-state index in [1.165, 1.54) is 5.56 Å². The second kappa shape index (κ2) is 9.77. The molecule has 31 heavy (non-hydrogen) atoms. The molecule has 6 heteroatoms. The first-order chi connectivity index (χ1) is 15.1. The van der Waals surface area contributed by atoms with Gasteiger partial charge in [0, 0.05) is 25.6 Å². The Labute approximate surface area is 183 Å². The van der Waals surface area contributed by atoms with Crippen molar-refractivity contribution >= 4 is 23.4 Å². The zero-order valence-electron chi connectivity index (χ0n) is 17.7. The van der Waals surface area contributed by atoms with Crippen LogP contribution < -0.4 is 10.6 Å². The lowest BCUT2D eigenvalue weighted by molar-refractivity contribution is -0.128. The average molecular weight is 420 g/mol. The van der Waals surface area contributed by atoms with Gasteiger partial charge in [-0.1, -0.05) is 55.3 Å². The number of benzene rings is 2. The van der Waals surface area contributed by atoms with Gasteiger partial charge in [0.25, 0.3) is 5.91 Å². The van der Waals surface area contributed by atoms with Gasteiger partial charge in [0.1, 0.15) is 0 Å². The van der Waals surface area contributed by atoms with Crippen LogP contribution in [0.3, 0.4) is 0 Å². The fourth-order valence-corrected chi connectivity index (χ4v) is 4.43. The topological polar surface area (TPSA) is 78.5 Å². The first kappa shape index (κ1) is 21.1. The molecule has 1 unspecified atom stereocenters. The SMILES string of the molecule is O=C(NC1CCCC1)c1ccccc1NC(=O)C1CC(=O)N(CCc2ccccc2)C1. The third-order valence-corrected chi connectivity index (χ3v) is 6.22. The third-order valence-electron chi connectivity index (χ3n) is 6.22. The lowest BCUT2D eigenvalue weighted by atomic mass is 10.1. The quantitative estimate of drug-likeness (QED) is 0.722. The number of para-hydroxylation sites is 1. The number of likely N-dealkylation sites (tertiary alicyclic amines) is 1. The normalized spacial score (nSPS) is 18.9. The standard InChI is InChI=1S/C25H29N3O3/c29-23-16-19(17-28(23)15-14-18-8-2-1-3-9-18)24(30)27-22-13-7-6-12-21(22)25(31)26-20-10-4-5-11-20/h1-3,6-9,12-13,19-20H,4-5,10-11,14-17H2,(H,26,31)(H,27,30). The lowest BCUT2D eigenvalue weighted by Crippen LogP contribution is -2.34. The number of nitrogens with zero attached hydrogens (tertiary/aromatic N) is 1. The van der Waals surface area contributed by atoms with E-state index in [9.17, 15) is 14.4 Å². The fraction of sp³-hybridized carbons (Fsp3) is 0.400. The summed E-state index contributed by atoms with van der Waals surface area (Å²) in [6, 6.07) is 17.3. The minimum absolute atomic E-state index is 0.00310. The molecule has 2 N–H and O–H groups in total. The molecule has 0 aromatic heterocycles. The van der Waals surface area contributed by atoms with Gasteiger partial charge in [-0.3, -0.25) is 14.4 Å². The first-order valence-electron chi connectivity index (χ1n) is 11.1. The zero-order valence-corrected chi connectivity index (χ0v) is 17.7. The van der Waals surface area contributed by atoms with Crippen molar-refractivity contribution in [3.05, 3.63) is 65.7 Å². The Kier molecular flexibility index (Phi) is 6.65. The summed E-state index contributed by atoms with van der Waals surface area (Å²) in [5.74, 6) is -0.774. The zero-order chi connectivity index (χ0) is 21.6. The average Bonchev–Trinajstić information content (AvgIpc) is 3.43. The molecule has 2 aromatic carbocycles. The molecule has 0 spiro atoms. The lowest BCUT2D eigenvalue weighted by Gasteiger charge is -2.18. The monoisotopic (exact) mass is 419 g/mol. The Morgan fingerprint density at radius 3 is 2.45 bits per heavy atom. The number of hydrogen-bond donors (Lipinski definition) is 2. The highest BCUT2D eigenvalue weighted by atomic mass is 16.2. The van der Waals surface area contributed by atoms with Crippen molar-refractivity contribution < 1.29 is 14.4 Å². The van der Waals surface area contributed by atoms with Crippen LogP contribution in [0.4, 0.5) is 5.69 Å². The molecule has 4 rings (SSSR count). The molecular formula is C25H29N3O3. The third kappa shape index (κ3) is 5.32. The fourth-order valence-electron chi connectivity index (χ4n) is 4.43. The second-order valence-corrected chi connectivity index (χ2v) is 8.47. The van der Waals surface area contributed by atoms with Crippen molar-refractivity contribution in [3.63, 3.8) is 0 Å². The molecule has 162 valence electrons. The van der Waals surface area contributed by atoms with E-state index in [1.54, 1.807) is 29.2 Å². The van der Waals surface area contributed by atoms with Gasteiger partial charge < -0.3 is 15.5 Å². The van der Waals surface area contributed by atoms with Gasteiger partial charge in [-0.15, -0.1) is 0 Å². The number of anilines is 1. The van der Waals surface area contributed by atoms with Gasteiger partial charge in [-0.2, -0.15) is 0 Å². The van der Waals surface area contributed by atoms with Gasteiger partial charge in [-0.05, 0) is 37.0 Å². The number of hydrogen-bond acceptors (Lipinski definition) is 3. The molecule has 1 heterocycles. The predicted molar refractivity (Wildman–Crippen MR) is 120 cm³/mol. The number of carbonyl (C=O) groups excluding carboxylic acids is 3. The highest BCUT2D eigenvalue weighted by Gasteiger charge is 2.34. The highest BCUT2D eigenvalue weighted by Crippen LogP contribution is 2.23. The molecule has 1 aliphatic carbocycles. The largest absolute Gasteiger partial charge is 0.349 e. The summed E-state index contributed by atoms with van der Waals surface area (Å²) in [6.07, 6.45) is 5.26. The summed E-state index contributed by atoms with van der Waals surface area (Å²) in [7, 11) is 0. The van der Waals surface area contributed by atoms with E-state index < -0.39 is 5.92 Å². The summed E-state index contributed by atoms with van der Waals surface area (Å²) < 4.78 is 0. The summed E-state index contributed by atoms with van der Waals surface area (Å²) in [6.45, 7) is 1.01. The van der Waals surface area contributed by atoms with Gasteiger partial charge in [0.2, 0.25) is 11.8 Å². The van der Waals surface area contributed by atoms with Gasteiger partial charge >= 0.3 is 0 Å².